The Hall–Kier alpha value is -2.57. The van der Waals surface area contributed by atoms with E-state index in [2.05, 4.69) is 9.97 Å². The van der Waals surface area contributed by atoms with Gasteiger partial charge < -0.3 is 19.4 Å². The number of aromatic carboxylic acids is 1. The first-order valence-corrected chi connectivity index (χ1v) is 6.74. The molecule has 1 amide bonds. The number of amides is 1. The summed E-state index contributed by atoms with van der Waals surface area (Å²) in [4.78, 5) is 32.2. The van der Waals surface area contributed by atoms with Gasteiger partial charge in [0.05, 0.1) is 19.4 Å². The van der Waals surface area contributed by atoms with Crippen LogP contribution in [-0.2, 0) is 17.9 Å². The SMILES string of the molecule is O=C(O)c1coc2c1CN(C(=O)[C@@H]1C[C@H]1c1cnc[nH]1)C2. The van der Waals surface area contributed by atoms with Crippen molar-refractivity contribution in [3.05, 3.63) is 41.4 Å². The van der Waals surface area contributed by atoms with Crippen LogP contribution in [0.1, 0.15) is 39.7 Å². The molecule has 21 heavy (non-hydrogen) atoms. The summed E-state index contributed by atoms with van der Waals surface area (Å²) in [5.74, 6) is -0.221. The highest BCUT2D eigenvalue weighted by Crippen LogP contribution is 2.48. The lowest BCUT2D eigenvalue weighted by Gasteiger charge is -2.15. The Morgan fingerprint density at radius 3 is 3.00 bits per heavy atom. The van der Waals surface area contributed by atoms with Gasteiger partial charge in [-0.1, -0.05) is 0 Å². The van der Waals surface area contributed by atoms with Crippen molar-refractivity contribution in [1.82, 2.24) is 14.9 Å². The quantitative estimate of drug-likeness (QED) is 0.887. The summed E-state index contributed by atoms with van der Waals surface area (Å²) in [5, 5.41) is 9.08. The molecular weight excluding hydrogens is 274 g/mol. The Bertz CT molecular complexity index is 719. The van der Waals surface area contributed by atoms with Gasteiger partial charge in [-0.2, -0.15) is 0 Å². The van der Waals surface area contributed by atoms with E-state index in [1.54, 1.807) is 17.4 Å². The third-order valence-electron chi connectivity index (χ3n) is 4.23. The molecule has 1 aliphatic heterocycles. The van der Waals surface area contributed by atoms with Gasteiger partial charge in [-0.05, 0) is 6.42 Å². The van der Waals surface area contributed by atoms with Crippen LogP contribution in [0, 0.1) is 5.92 Å². The summed E-state index contributed by atoms with van der Waals surface area (Å²) in [7, 11) is 0. The Labute approximate surface area is 119 Å². The third kappa shape index (κ3) is 1.84. The number of hydrogen-bond acceptors (Lipinski definition) is 4. The molecule has 0 radical (unpaired) electrons. The molecule has 1 aliphatic carbocycles. The number of nitrogens with one attached hydrogen (secondary N) is 1. The second kappa shape index (κ2) is 4.21. The van der Waals surface area contributed by atoms with Crippen LogP contribution < -0.4 is 0 Å². The summed E-state index contributed by atoms with van der Waals surface area (Å²) >= 11 is 0. The van der Waals surface area contributed by atoms with Gasteiger partial charge in [-0.3, -0.25) is 4.79 Å². The van der Waals surface area contributed by atoms with Gasteiger partial charge in [0.1, 0.15) is 17.6 Å². The molecule has 1 saturated carbocycles. The number of carbonyl (C=O) groups is 2. The van der Waals surface area contributed by atoms with Gasteiger partial charge in [0, 0.05) is 29.3 Å². The van der Waals surface area contributed by atoms with Crippen molar-refractivity contribution in [2.45, 2.75) is 25.4 Å². The molecule has 4 rings (SSSR count). The highest BCUT2D eigenvalue weighted by atomic mass is 16.4. The van der Waals surface area contributed by atoms with Crippen LogP contribution in [0.25, 0.3) is 0 Å². The molecule has 7 heteroatoms. The molecule has 2 aromatic rings. The van der Waals surface area contributed by atoms with E-state index in [1.165, 1.54) is 6.26 Å². The lowest BCUT2D eigenvalue weighted by atomic mass is 10.2. The van der Waals surface area contributed by atoms with Crippen LogP contribution >= 0.6 is 0 Å². The molecule has 0 unspecified atom stereocenters. The third-order valence-corrected chi connectivity index (χ3v) is 4.23. The van der Waals surface area contributed by atoms with Crippen molar-refractivity contribution in [2.24, 2.45) is 5.92 Å². The average Bonchev–Trinajstić information content (AvgIpc) is 2.86. The molecular formula is C14H13N3O4. The van der Waals surface area contributed by atoms with Crippen molar-refractivity contribution in [1.29, 1.82) is 0 Å². The predicted molar refractivity (Wildman–Crippen MR) is 69.4 cm³/mol. The maximum atomic E-state index is 12.5. The second-order valence-corrected chi connectivity index (χ2v) is 5.51. The minimum Gasteiger partial charge on any atom is -0.478 e. The molecule has 7 nitrogen and oxygen atoms in total. The largest absolute Gasteiger partial charge is 0.478 e. The standard InChI is InChI=1S/C14H13N3O4/c18-13(8-1-7(8)11-2-15-6-16-11)17-3-9-10(14(19)20)5-21-12(9)4-17/h2,5-8H,1,3-4H2,(H,15,16)(H,19,20)/t7-,8-/m1/s1. The molecule has 0 spiro atoms. The van der Waals surface area contributed by atoms with Crippen LogP contribution in [0.3, 0.4) is 0 Å². The number of imidazole rings is 1. The topological polar surface area (TPSA) is 99.4 Å². The van der Waals surface area contributed by atoms with Crippen molar-refractivity contribution in [3.63, 3.8) is 0 Å². The highest BCUT2D eigenvalue weighted by molar-refractivity contribution is 5.90. The van der Waals surface area contributed by atoms with Gasteiger partial charge in [0.25, 0.3) is 0 Å². The van der Waals surface area contributed by atoms with Gasteiger partial charge in [-0.15, -0.1) is 0 Å². The van der Waals surface area contributed by atoms with E-state index in [1.807, 2.05) is 0 Å². The van der Waals surface area contributed by atoms with E-state index in [0.29, 0.717) is 24.4 Å². The molecule has 2 aromatic heterocycles. The number of carboxylic acid groups (broad SMARTS) is 1. The number of carboxylic acids is 1. The predicted octanol–water partition coefficient (Wildman–Crippen LogP) is 1.35. The highest BCUT2D eigenvalue weighted by Gasteiger charge is 2.48. The van der Waals surface area contributed by atoms with Crippen molar-refractivity contribution >= 4 is 11.9 Å². The van der Waals surface area contributed by atoms with E-state index in [-0.39, 0.29) is 23.3 Å². The fourth-order valence-corrected chi connectivity index (χ4v) is 3.00. The number of nitrogens with zero attached hydrogens (tertiary/aromatic N) is 2. The number of furan rings is 1. The maximum Gasteiger partial charge on any atom is 0.339 e. The molecule has 0 aromatic carbocycles. The molecule has 108 valence electrons. The number of aromatic nitrogens is 2. The van der Waals surface area contributed by atoms with Gasteiger partial charge in [0.2, 0.25) is 5.91 Å². The first-order chi connectivity index (χ1) is 10.1. The van der Waals surface area contributed by atoms with Crippen molar-refractivity contribution in [2.75, 3.05) is 0 Å². The van der Waals surface area contributed by atoms with Crippen LogP contribution in [0.4, 0.5) is 0 Å². The normalized spacial score (nSPS) is 23.1. The number of rotatable bonds is 3. The van der Waals surface area contributed by atoms with E-state index in [4.69, 9.17) is 9.52 Å². The summed E-state index contributed by atoms with van der Waals surface area (Å²) in [6.07, 6.45) is 5.41. The summed E-state index contributed by atoms with van der Waals surface area (Å²) in [5.41, 5.74) is 1.76. The summed E-state index contributed by atoms with van der Waals surface area (Å²) in [6, 6.07) is 0. The van der Waals surface area contributed by atoms with Crippen LogP contribution in [0.5, 0.6) is 0 Å². The number of hydrogen-bond donors (Lipinski definition) is 2. The molecule has 2 aliphatic rings. The van der Waals surface area contributed by atoms with E-state index in [0.717, 1.165) is 12.1 Å². The zero-order valence-electron chi connectivity index (χ0n) is 11.1. The molecule has 3 heterocycles. The zero-order valence-corrected chi connectivity index (χ0v) is 11.1. The van der Waals surface area contributed by atoms with E-state index in [9.17, 15) is 9.59 Å². The van der Waals surface area contributed by atoms with E-state index < -0.39 is 5.97 Å². The monoisotopic (exact) mass is 287 g/mol. The molecule has 0 saturated heterocycles. The Balaban J connectivity index is 1.48. The number of carbonyl (C=O) groups excluding carboxylic acids is 1. The Morgan fingerprint density at radius 2 is 2.29 bits per heavy atom. The lowest BCUT2D eigenvalue weighted by Crippen LogP contribution is -2.27. The molecule has 1 fully saturated rings. The van der Waals surface area contributed by atoms with Gasteiger partial charge in [-0.25, -0.2) is 9.78 Å². The smallest absolute Gasteiger partial charge is 0.339 e. The van der Waals surface area contributed by atoms with Crippen LogP contribution in [0.2, 0.25) is 0 Å². The Morgan fingerprint density at radius 1 is 1.43 bits per heavy atom. The second-order valence-electron chi connectivity index (χ2n) is 5.51. The van der Waals surface area contributed by atoms with Crippen LogP contribution in [-0.4, -0.2) is 31.9 Å². The number of aromatic amines is 1. The van der Waals surface area contributed by atoms with Crippen LogP contribution in [0.15, 0.2) is 23.2 Å². The van der Waals surface area contributed by atoms with Crippen molar-refractivity contribution in [3.8, 4) is 0 Å². The maximum absolute atomic E-state index is 12.5. The number of fused-ring (bicyclic) bond motifs is 1. The minimum atomic E-state index is -1.02. The zero-order chi connectivity index (χ0) is 14.6. The van der Waals surface area contributed by atoms with Gasteiger partial charge in [0.15, 0.2) is 0 Å². The first kappa shape index (κ1) is 12.2. The molecule has 2 N–H and O–H groups in total. The summed E-state index contributed by atoms with van der Waals surface area (Å²) in [6.45, 7) is 0.673. The minimum absolute atomic E-state index is 0.0391. The fraction of sp³-hybridized carbons (Fsp3) is 0.357. The van der Waals surface area contributed by atoms with E-state index >= 15 is 0 Å². The van der Waals surface area contributed by atoms with Gasteiger partial charge >= 0.3 is 5.97 Å². The fourth-order valence-electron chi connectivity index (χ4n) is 3.00. The molecule has 2 atom stereocenters. The van der Waals surface area contributed by atoms with Crippen molar-refractivity contribution < 1.29 is 19.1 Å². The Kier molecular flexibility index (Phi) is 2.44. The molecule has 0 bridgehead atoms. The first-order valence-electron chi connectivity index (χ1n) is 6.74. The summed E-state index contributed by atoms with van der Waals surface area (Å²) < 4.78 is 5.26. The average molecular weight is 287 g/mol. The number of H-pyrrole nitrogens is 1. The lowest BCUT2D eigenvalue weighted by molar-refractivity contribution is -0.133.